The summed E-state index contributed by atoms with van der Waals surface area (Å²) >= 11 is 0. The number of amides is 6. The van der Waals surface area contributed by atoms with E-state index in [1.54, 1.807) is 0 Å². The summed E-state index contributed by atoms with van der Waals surface area (Å²) in [6.45, 7) is -1.25. The molecule has 5 aromatic rings. The zero-order chi connectivity index (χ0) is 42.9. The molecule has 0 radical (unpaired) electrons. The van der Waals surface area contributed by atoms with Gasteiger partial charge >= 0.3 is 0 Å². The summed E-state index contributed by atoms with van der Waals surface area (Å²) < 4.78 is 0. The van der Waals surface area contributed by atoms with E-state index in [1.165, 1.54) is 62.6 Å². The minimum Gasteiger partial charge on any atom is -0.394 e. The van der Waals surface area contributed by atoms with Gasteiger partial charge in [-0.1, -0.05) is 0 Å². The maximum absolute atomic E-state index is 14.2. The maximum Gasteiger partial charge on any atom is 0.243 e. The fourth-order valence-corrected chi connectivity index (χ4v) is 5.79. The lowest BCUT2D eigenvalue weighted by molar-refractivity contribution is -0.135. The van der Waals surface area contributed by atoms with Gasteiger partial charge in [-0.3, -0.25) is 28.8 Å². The van der Waals surface area contributed by atoms with E-state index in [-0.39, 0.29) is 32.1 Å². The van der Waals surface area contributed by atoms with Crippen LogP contribution in [0.2, 0.25) is 0 Å². The summed E-state index contributed by atoms with van der Waals surface area (Å²) in [6, 6.07) is -7.54. The molecule has 0 aliphatic rings. The van der Waals surface area contributed by atoms with Crippen LogP contribution in [-0.4, -0.2) is 146 Å². The number of carbonyl (C=O) groups is 7. The quantitative estimate of drug-likeness (QED) is 0.0259. The monoisotopic (exact) mass is 831 g/mol. The smallest absolute Gasteiger partial charge is 0.243 e. The molecule has 5 rings (SSSR count). The summed E-state index contributed by atoms with van der Waals surface area (Å²) in [5.74, 6) is -4.64. The number of aromatic amines is 5. The second kappa shape index (κ2) is 21.8. The topological polar surface area (TPSA) is 381 Å². The van der Waals surface area contributed by atoms with E-state index < -0.39 is 84.8 Å². The van der Waals surface area contributed by atoms with E-state index in [4.69, 9.17) is 5.73 Å². The van der Waals surface area contributed by atoms with Gasteiger partial charge in [-0.05, 0) is 0 Å². The Morgan fingerprint density at radius 2 is 0.867 bits per heavy atom. The molecule has 0 bridgehead atoms. The third kappa shape index (κ3) is 13.3. The van der Waals surface area contributed by atoms with E-state index in [0.717, 1.165) is 0 Å². The third-order valence-corrected chi connectivity index (χ3v) is 8.91. The molecule has 6 amide bonds. The van der Waals surface area contributed by atoms with Crippen molar-refractivity contribution in [1.29, 1.82) is 0 Å². The number of aldehydes is 1. The number of nitrogens with zero attached hydrogens (tertiary/aromatic N) is 5. The van der Waals surface area contributed by atoms with Crippen molar-refractivity contribution in [3.8, 4) is 0 Å². The zero-order valence-electron chi connectivity index (χ0n) is 31.9. The van der Waals surface area contributed by atoms with Gasteiger partial charge in [-0.25, -0.2) is 24.9 Å². The van der Waals surface area contributed by atoms with Gasteiger partial charge in [0.25, 0.3) is 0 Å². The Kier molecular flexibility index (Phi) is 15.9. The van der Waals surface area contributed by atoms with Crippen LogP contribution in [0, 0.1) is 0 Å². The van der Waals surface area contributed by atoms with E-state index in [1.807, 2.05) is 0 Å². The predicted molar refractivity (Wildman–Crippen MR) is 205 cm³/mol. The first-order valence-corrected chi connectivity index (χ1v) is 18.5. The Balaban J connectivity index is 1.34. The van der Waals surface area contributed by atoms with Crippen LogP contribution in [0.5, 0.6) is 0 Å². The Labute approximate surface area is 340 Å². The predicted octanol–water partition coefficient (Wildman–Crippen LogP) is -5.13. The number of rotatable bonds is 24. The molecule has 6 atom stereocenters. The van der Waals surface area contributed by atoms with Crippen molar-refractivity contribution in [1.82, 2.24) is 81.7 Å². The molecule has 0 fully saturated rings. The lowest BCUT2D eigenvalue weighted by atomic mass is 10.0. The SMILES string of the molecule is N[C@@H](Cc1cnc[nH]1)C(=O)N[C@@H](Cc1cnc[nH]1)C(=O)N[C@@H](Cc1cnc[nH]1)C(=O)N[C@@H](Cc1cnc[nH]1)C(=O)N[C@@H](Cc1cnc[nH]1)C(=O)NCC(=O)N[C@H](C=O)CO. The summed E-state index contributed by atoms with van der Waals surface area (Å²) in [5, 5.41) is 24.5. The average molecular weight is 832 g/mol. The fraction of sp³-hybridized carbons (Fsp3) is 0.371. The Hall–Kier alpha value is -7.54. The van der Waals surface area contributed by atoms with Gasteiger partial charge in [0, 0.05) is 91.6 Å². The third-order valence-electron chi connectivity index (χ3n) is 8.91. The van der Waals surface area contributed by atoms with Gasteiger partial charge in [0.2, 0.25) is 35.4 Å². The number of carbonyl (C=O) groups excluding carboxylic acids is 7. The minimum absolute atomic E-state index is 0.0574. The van der Waals surface area contributed by atoms with E-state index in [0.29, 0.717) is 34.8 Å². The normalized spacial score (nSPS) is 14.0. The average Bonchev–Trinajstić information content (AvgIpc) is 4.09. The van der Waals surface area contributed by atoms with Crippen LogP contribution in [0.4, 0.5) is 0 Å². The minimum atomic E-state index is -1.38. The first kappa shape index (κ1) is 43.6. The summed E-state index contributed by atoms with van der Waals surface area (Å²) in [4.78, 5) is 126. The van der Waals surface area contributed by atoms with Crippen molar-refractivity contribution in [3.63, 3.8) is 0 Å². The highest BCUT2D eigenvalue weighted by atomic mass is 16.3. The zero-order valence-corrected chi connectivity index (χ0v) is 31.9. The number of imidazole rings is 5. The van der Waals surface area contributed by atoms with Crippen LogP contribution in [0.3, 0.4) is 0 Å². The molecule has 14 N–H and O–H groups in total. The number of hydrogen-bond acceptors (Lipinski definition) is 14. The molecule has 318 valence electrons. The molecule has 5 aromatic heterocycles. The van der Waals surface area contributed by atoms with Crippen molar-refractivity contribution in [3.05, 3.63) is 91.1 Å². The Morgan fingerprint density at radius 1 is 0.533 bits per heavy atom. The molecule has 0 saturated heterocycles. The van der Waals surface area contributed by atoms with Gasteiger partial charge in [0.15, 0.2) is 0 Å². The number of aliphatic hydroxyl groups excluding tert-OH is 1. The highest BCUT2D eigenvalue weighted by molar-refractivity contribution is 5.96. The standard InChI is InChI=1S/C35H45N17O8/c36-25(1-19-6-37-14-43-19)31(56)49-27(3-21-8-39-16-45-21)33(58)51-29(5-23-10-41-18-47-23)35(60)52-28(4-22-9-40-17-46-22)34(59)50-26(2-20-7-38-15-44-20)32(57)42-11-30(55)48-24(12-53)13-54/h6-10,12,14-18,24-29,54H,1-5,11,13,36H2,(H,37,43)(H,38,44)(H,39,45)(H,40,46)(H,41,47)(H,42,57)(H,48,55)(H,49,56)(H,50,59)(H,51,58)(H,52,60)/t24-,25+,26+,27+,28+,29+/m1/s1. The summed E-state index contributed by atoms with van der Waals surface area (Å²) in [5.41, 5.74) is 8.56. The molecule has 0 aliphatic heterocycles. The Morgan fingerprint density at radius 3 is 1.18 bits per heavy atom. The molecule has 60 heavy (non-hydrogen) atoms. The second-order valence-corrected chi connectivity index (χ2v) is 13.5. The van der Waals surface area contributed by atoms with Crippen LogP contribution < -0.4 is 37.6 Å². The number of nitrogens with one attached hydrogen (secondary N) is 11. The molecule has 25 nitrogen and oxygen atoms in total. The van der Waals surface area contributed by atoms with Crippen LogP contribution in [-0.2, 0) is 65.7 Å². The van der Waals surface area contributed by atoms with Crippen LogP contribution in [0.15, 0.2) is 62.6 Å². The van der Waals surface area contributed by atoms with E-state index in [9.17, 15) is 38.7 Å². The van der Waals surface area contributed by atoms with Gasteiger partial charge in [-0.15, -0.1) is 0 Å². The lowest BCUT2D eigenvalue weighted by Crippen LogP contribution is -2.60. The van der Waals surface area contributed by atoms with Gasteiger partial charge in [-0.2, -0.15) is 0 Å². The summed E-state index contributed by atoms with van der Waals surface area (Å²) in [6.07, 6.45) is 14.2. The van der Waals surface area contributed by atoms with Crippen LogP contribution in [0.1, 0.15) is 28.5 Å². The van der Waals surface area contributed by atoms with Crippen molar-refractivity contribution in [2.24, 2.45) is 5.73 Å². The molecule has 0 unspecified atom stereocenters. The van der Waals surface area contributed by atoms with Crippen LogP contribution in [0.25, 0.3) is 0 Å². The Bertz CT molecular complexity index is 2110. The molecule has 0 spiro atoms. The first-order valence-electron chi connectivity index (χ1n) is 18.5. The van der Waals surface area contributed by atoms with E-state index in [2.05, 4.69) is 81.7 Å². The van der Waals surface area contributed by atoms with Crippen LogP contribution >= 0.6 is 0 Å². The molecule has 0 saturated carbocycles. The molecular weight excluding hydrogens is 786 g/mol. The van der Waals surface area contributed by atoms with Crippen molar-refractivity contribution < 1.29 is 38.7 Å². The second-order valence-electron chi connectivity index (χ2n) is 13.5. The number of H-pyrrole nitrogens is 5. The number of aromatic nitrogens is 10. The fourth-order valence-electron chi connectivity index (χ4n) is 5.79. The van der Waals surface area contributed by atoms with Crippen molar-refractivity contribution in [2.75, 3.05) is 13.2 Å². The largest absolute Gasteiger partial charge is 0.394 e. The van der Waals surface area contributed by atoms with Gasteiger partial charge in [0.05, 0.1) is 50.8 Å². The molecule has 25 heteroatoms. The molecule has 5 heterocycles. The number of aliphatic hydroxyl groups is 1. The van der Waals surface area contributed by atoms with E-state index >= 15 is 0 Å². The van der Waals surface area contributed by atoms with Crippen molar-refractivity contribution in [2.45, 2.75) is 68.4 Å². The number of nitrogens with two attached hydrogens (primary N) is 1. The van der Waals surface area contributed by atoms with Gasteiger partial charge in [0.1, 0.15) is 36.5 Å². The number of hydrogen-bond donors (Lipinski definition) is 13. The maximum atomic E-state index is 14.2. The molecule has 0 aliphatic carbocycles. The van der Waals surface area contributed by atoms with Gasteiger partial charge < -0.3 is 72.5 Å². The lowest BCUT2D eigenvalue weighted by Gasteiger charge is -2.26. The highest BCUT2D eigenvalue weighted by Crippen LogP contribution is 2.08. The summed E-state index contributed by atoms with van der Waals surface area (Å²) in [7, 11) is 0. The highest BCUT2D eigenvalue weighted by Gasteiger charge is 2.33. The molecular formula is C35H45N17O8. The van der Waals surface area contributed by atoms with Crippen molar-refractivity contribution >= 4 is 41.7 Å². The molecule has 0 aromatic carbocycles. The first-order chi connectivity index (χ1) is 29.0.